The standard InChI is InChI=1S/C11H9N3O/c1-7-6-14-10(12-7)8-4-2-3-5-9(8)13-11(14)15/h2-6H,1H3,(H,13,15). The molecule has 4 heteroatoms. The number of nitrogens with zero attached hydrogens (tertiary/aromatic N) is 2. The highest BCUT2D eigenvalue weighted by Gasteiger charge is 2.05. The van der Waals surface area contributed by atoms with Gasteiger partial charge >= 0.3 is 5.69 Å². The largest absolute Gasteiger partial charge is 0.331 e. The highest BCUT2D eigenvalue weighted by atomic mass is 16.1. The summed E-state index contributed by atoms with van der Waals surface area (Å²) in [5.41, 5.74) is 2.23. The van der Waals surface area contributed by atoms with Crippen LogP contribution in [-0.2, 0) is 0 Å². The van der Waals surface area contributed by atoms with Crippen molar-refractivity contribution in [3.63, 3.8) is 0 Å². The fourth-order valence-electron chi connectivity index (χ4n) is 1.81. The minimum atomic E-state index is -0.149. The van der Waals surface area contributed by atoms with Gasteiger partial charge in [-0.05, 0) is 19.1 Å². The molecule has 2 aromatic heterocycles. The van der Waals surface area contributed by atoms with E-state index >= 15 is 0 Å². The van der Waals surface area contributed by atoms with Gasteiger partial charge in [0.2, 0.25) is 0 Å². The van der Waals surface area contributed by atoms with E-state index < -0.39 is 0 Å². The second kappa shape index (κ2) is 2.70. The lowest BCUT2D eigenvalue weighted by atomic mass is 10.2. The van der Waals surface area contributed by atoms with Crippen LogP contribution in [0.3, 0.4) is 0 Å². The smallest absolute Gasteiger partial charge is 0.306 e. The van der Waals surface area contributed by atoms with Crippen molar-refractivity contribution in [2.24, 2.45) is 0 Å². The van der Waals surface area contributed by atoms with Gasteiger partial charge in [0.15, 0.2) is 5.65 Å². The van der Waals surface area contributed by atoms with E-state index in [-0.39, 0.29) is 5.69 Å². The van der Waals surface area contributed by atoms with E-state index in [4.69, 9.17) is 0 Å². The Morgan fingerprint density at radius 1 is 1.33 bits per heavy atom. The molecule has 0 atom stereocenters. The van der Waals surface area contributed by atoms with Crippen LogP contribution in [0.4, 0.5) is 0 Å². The maximum absolute atomic E-state index is 11.7. The zero-order valence-electron chi connectivity index (χ0n) is 8.19. The second-order valence-corrected chi connectivity index (χ2v) is 3.55. The molecule has 3 aromatic rings. The van der Waals surface area contributed by atoms with Gasteiger partial charge in [0.05, 0.1) is 11.2 Å². The lowest BCUT2D eigenvalue weighted by Gasteiger charge is -1.98. The molecular formula is C11H9N3O. The minimum Gasteiger partial charge on any atom is -0.306 e. The molecule has 0 fully saturated rings. The zero-order chi connectivity index (χ0) is 10.4. The minimum absolute atomic E-state index is 0.149. The molecule has 4 nitrogen and oxygen atoms in total. The third-order valence-electron chi connectivity index (χ3n) is 2.45. The van der Waals surface area contributed by atoms with E-state index in [1.165, 1.54) is 4.40 Å². The number of aromatic amines is 1. The zero-order valence-corrected chi connectivity index (χ0v) is 8.19. The van der Waals surface area contributed by atoms with Crippen LogP contribution in [0.15, 0.2) is 35.3 Å². The molecule has 2 heterocycles. The monoisotopic (exact) mass is 199 g/mol. The van der Waals surface area contributed by atoms with E-state index in [2.05, 4.69) is 9.97 Å². The first-order chi connectivity index (χ1) is 7.25. The molecule has 0 saturated carbocycles. The fraction of sp³-hybridized carbons (Fsp3) is 0.0909. The Morgan fingerprint density at radius 3 is 3.00 bits per heavy atom. The van der Waals surface area contributed by atoms with Crippen LogP contribution in [0.5, 0.6) is 0 Å². The van der Waals surface area contributed by atoms with Gasteiger partial charge in [-0.1, -0.05) is 12.1 Å². The van der Waals surface area contributed by atoms with Gasteiger partial charge in [0.1, 0.15) is 0 Å². The Hall–Kier alpha value is -2.10. The maximum Gasteiger partial charge on any atom is 0.331 e. The predicted molar refractivity (Wildman–Crippen MR) is 58.1 cm³/mol. The SMILES string of the molecule is Cc1cn2c(=O)[nH]c3ccccc3c2n1. The van der Waals surface area contributed by atoms with Crippen molar-refractivity contribution in [2.75, 3.05) is 0 Å². The molecule has 0 aliphatic heterocycles. The topological polar surface area (TPSA) is 50.2 Å². The van der Waals surface area contributed by atoms with E-state index in [9.17, 15) is 4.79 Å². The first-order valence-electron chi connectivity index (χ1n) is 4.72. The Bertz CT molecular complexity index is 708. The molecule has 0 saturated heterocycles. The molecule has 0 aliphatic carbocycles. The molecule has 0 unspecified atom stereocenters. The van der Waals surface area contributed by atoms with Crippen molar-refractivity contribution in [1.29, 1.82) is 0 Å². The number of nitrogens with one attached hydrogen (secondary N) is 1. The highest BCUT2D eigenvalue weighted by Crippen LogP contribution is 2.14. The normalized spacial score (nSPS) is 11.3. The summed E-state index contributed by atoms with van der Waals surface area (Å²) in [7, 11) is 0. The van der Waals surface area contributed by atoms with Crippen molar-refractivity contribution < 1.29 is 0 Å². The number of hydrogen-bond donors (Lipinski definition) is 1. The number of rotatable bonds is 0. The highest BCUT2D eigenvalue weighted by molar-refractivity contribution is 5.90. The van der Waals surface area contributed by atoms with Gasteiger partial charge in [0.25, 0.3) is 0 Å². The summed E-state index contributed by atoms with van der Waals surface area (Å²) in [6.07, 6.45) is 1.74. The Labute approximate surface area is 85.2 Å². The summed E-state index contributed by atoms with van der Waals surface area (Å²) in [5, 5.41) is 0.963. The van der Waals surface area contributed by atoms with E-state index in [0.29, 0.717) is 5.65 Å². The van der Waals surface area contributed by atoms with Crippen LogP contribution in [-0.4, -0.2) is 14.4 Å². The van der Waals surface area contributed by atoms with E-state index in [1.54, 1.807) is 6.20 Å². The number of hydrogen-bond acceptors (Lipinski definition) is 2. The van der Waals surface area contributed by atoms with Crippen molar-refractivity contribution in [3.05, 3.63) is 46.6 Å². The number of aromatic nitrogens is 3. The Morgan fingerprint density at radius 2 is 2.13 bits per heavy atom. The van der Waals surface area contributed by atoms with Gasteiger partial charge < -0.3 is 4.98 Å². The summed E-state index contributed by atoms with van der Waals surface area (Å²) in [6.45, 7) is 1.88. The average Bonchev–Trinajstić information content (AvgIpc) is 2.61. The van der Waals surface area contributed by atoms with Crippen LogP contribution in [0.25, 0.3) is 16.6 Å². The summed E-state index contributed by atoms with van der Waals surface area (Å²) in [5.74, 6) is 0. The van der Waals surface area contributed by atoms with E-state index in [0.717, 1.165) is 16.6 Å². The summed E-state index contributed by atoms with van der Waals surface area (Å²) >= 11 is 0. The van der Waals surface area contributed by atoms with Crippen molar-refractivity contribution >= 4 is 16.6 Å². The lowest BCUT2D eigenvalue weighted by Crippen LogP contribution is -2.15. The summed E-state index contributed by atoms with van der Waals surface area (Å²) < 4.78 is 1.54. The number of fused-ring (bicyclic) bond motifs is 3. The molecule has 15 heavy (non-hydrogen) atoms. The molecule has 0 amide bonds. The molecule has 3 rings (SSSR count). The van der Waals surface area contributed by atoms with Gasteiger partial charge in [-0.25, -0.2) is 9.78 Å². The van der Waals surface area contributed by atoms with Crippen LogP contribution >= 0.6 is 0 Å². The van der Waals surface area contributed by atoms with Gasteiger partial charge in [-0.2, -0.15) is 0 Å². The average molecular weight is 199 g/mol. The molecule has 74 valence electrons. The molecular weight excluding hydrogens is 190 g/mol. The molecule has 0 spiro atoms. The quantitative estimate of drug-likeness (QED) is 0.596. The van der Waals surface area contributed by atoms with Gasteiger partial charge in [-0.3, -0.25) is 4.40 Å². The lowest BCUT2D eigenvalue weighted by molar-refractivity contribution is 1.03. The first-order valence-corrected chi connectivity index (χ1v) is 4.72. The third-order valence-corrected chi connectivity index (χ3v) is 2.45. The fourth-order valence-corrected chi connectivity index (χ4v) is 1.81. The predicted octanol–water partition coefficient (Wildman–Crippen LogP) is 1.48. The van der Waals surface area contributed by atoms with Crippen LogP contribution in [0.2, 0.25) is 0 Å². The van der Waals surface area contributed by atoms with Gasteiger partial charge in [-0.15, -0.1) is 0 Å². The number of H-pyrrole nitrogens is 1. The number of para-hydroxylation sites is 1. The molecule has 0 radical (unpaired) electrons. The Balaban J connectivity index is 2.69. The van der Waals surface area contributed by atoms with E-state index in [1.807, 2.05) is 31.2 Å². The van der Waals surface area contributed by atoms with Crippen molar-refractivity contribution in [2.45, 2.75) is 6.92 Å². The maximum atomic E-state index is 11.7. The van der Waals surface area contributed by atoms with Crippen molar-refractivity contribution in [1.82, 2.24) is 14.4 Å². The van der Waals surface area contributed by atoms with Crippen molar-refractivity contribution in [3.8, 4) is 0 Å². The van der Waals surface area contributed by atoms with Crippen LogP contribution in [0, 0.1) is 6.92 Å². The Kier molecular flexibility index (Phi) is 1.48. The molecule has 0 aliphatic rings. The first kappa shape index (κ1) is 8.23. The number of benzene rings is 1. The summed E-state index contributed by atoms with van der Waals surface area (Å²) in [6, 6.07) is 7.66. The third kappa shape index (κ3) is 1.08. The summed E-state index contributed by atoms with van der Waals surface area (Å²) in [4.78, 5) is 18.8. The molecule has 1 N–H and O–H groups in total. The molecule has 1 aromatic carbocycles. The molecule has 0 bridgehead atoms. The number of aryl methyl sites for hydroxylation is 1. The van der Waals surface area contributed by atoms with Crippen LogP contribution < -0.4 is 5.69 Å². The van der Waals surface area contributed by atoms with Crippen LogP contribution in [0.1, 0.15) is 5.69 Å². The van der Waals surface area contributed by atoms with Gasteiger partial charge in [0, 0.05) is 11.6 Å². The second-order valence-electron chi connectivity index (χ2n) is 3.55. The number of imidazole rings is 1.